The van der Waals surface area contributed by atoms with Crippen molar-refractivity contribution in [2.24, 2.45) is 5.92 Å². The summed E-state index contributed by atoms with van der Waals surface area (Å²) in [5.74, 6) is 0.627. The van der Waals surface area contributed by atoms with E-state index in [0.717, 1.165) is 6.42 Å². The van der Waals surface area contributed by atoms with Crippen molar-refractivity contribution in [2.75, 3.05) is 19.8 Å². The molecular weight excluding hydrogens is 232 g/mol. The minimum Gasteiger partial charge on any atom is -0.394 e. The van der Waals surface area contributed by atoms with Crippen molar-refractivity contribution in [3.63, 3.8) is 0 Å². The van der Waals surface area contributed by atoms with Crippen LogP contribution in [0.4, 0.5) is 4.79 Å². The fourth-order valence-electron chi connectivity index (χ4n) is 2.23. The Hall–Kier alpha value is -0.810. The molecule has 106 valence electrons. The molecule has 5 nitrogen and oxygen atoms in total. The van der Waals surface area contributed by atoms with Gasteiger partial charge >= 0.3 is 6.03 Å². The van der Waals surface area contributed by atoms with E-state index in [1.165, 1.54) is 19.3 Å². The fraction of sp³-hybridized carbons (Fsp3) is 0.923. The maximum absolute atomic E-state index is 11.3. The van der Waals surface area contributed by atoms with Crippen molar-refractivity contribution in [3.05, 3.63) is 0 Å². The second-order valence-electron chi connectivity index (χ2n) is 5.15. The minimum atomic E-state index is -0.253. The van der Waals surface area contributed by atoms with E-state index in [1.807, 2.05) is 0 Å². The third kappa shape index (κ3) is 5.69. The first kappa shape index (κ1) is 15.2. The van der Waals surface area contributed by atoms with Gasteiger partial charge in [0.05, 0.1) is 25.4 Å². The Morgan fingerprint density at radius 3 is 2.83 bits per heavy atom. The van der Waals surface area contributed by atoms with Crippen molar-refractivity contribution in [2.45, 2.75) is 51.7 Å². The van der Waals surface area contributed by atoms with Crippen LogP contribution in [0.3, 0.4) is 0 Å². The van der Waals surface area contributed by atoms with Crippen LogP contribution in [0, 0.1) is 5.92 Å². The first-order valence-electron chi connectivity index (χ1n) is 6.90. The van der Waals surface area contributed by atoms with E-state index in [2.05, 4.69) is 17.6 Å². The van der Waals surface area contributed by atoms with Crippen molar-refractivity contribution in [3.8, 4) is 0 Å². The van der Waals surface area contributed by atoms with Crippen LogP contribution < -0.4 is 10.6 Å². The van der Waals surface area contributed by atoms with Gasteiger partial charge in [-0.1, -0.05) is 19.8 Å². The predicted octanol–water partition coefficient (Wildman–Crippen LogP) is 1.26. The zero-order valence-electron chi connectivity index (χ0n) is 11.4. The van der Waals surface area contributed by atoms with Gasteiger partial charge in [-0.2, -0.15) is 0 Å². The number of hydrogen-bond donors (Lipinski definition) is 3. The lowest BCUT2D eigenvalue weighted by Crippen LogP contribution is -2.43. The number of aliphatic hydroxyl groups excluding tert-OH is 1. The molecule has 2 unspecified atom stereocenters. The topological polar surface area (TPSA) is 70.6 Å². The van der Waals surface area contributed by atoms with Crippen molar-refractivity contribution in [1.82, 2.24) is 10.6 Å². The van der Waals surface area contributed by atoms with E-state index < -0.39 is 0 Å². The molecule has 0 radical (unpaired) electrons. The molecule has 2 amide bonds. The summed E-state index contributed by atoms with van der Waals surface area (Å²) in [5.41, 5.74) is 0. The third-order valence-electron chi connectivity index (χ3n) is 3.40. The average Bonchev–Trinajstić information content (AvgIpc) is 2.36. The molecule has 1 aliphatic rings. The molecule has 1 fully saturated rings. The first-order valence-corrected chi connectivity index (χ1v) is 6.90. The average molecular weight is 258 g/mol. The Morgan fingerprint density at radius 2 is 2.17 bits per heavy atom. The first-order chi connectivity index (χ1) is 8.63. The van der Waals surface area contributed by atoms with Gasteiger partial charge < -0.3 is 20.5 Å². The van der Waals surface area contributed by atoms with Gasteiger partial charge in [-0.3, -0.25) is 0 Å². The van der Waals surface area contributed by atoms with Gasteiger partial charge in [0.25, 0.3) is 0 Å². The standard InChI is InChI=1S/C13H26N2O3/c1-10-5-3-4-6-12(10)18-8-7-14-13(17)15-11(2)9-16/h10-12,16H,3-9H2,1-2H3,(H2,14,15,17)/t10?,11-,12?/m0/s1. The lowest BCUT2D eigenvalue weighted by atomic mass is 9.88. The van der Waals surface area contributed by atoms with Crippen LogP contribution in [-0.2, 0) is 4.74 Å². The van der Waals surface area contributed by atoms with Gasteiger partial charge in [0.2, 0.25) is 0 Å². The Labute approximate surface area is 109 Å². The number of hydrogen-bond acceptors (Lipinski definition) is 3. The summed E-state index contributed by atoms with van der Waals surface area (Å²) in [4.78, 5) is 11.3. The quantitative estimate of drug-likeness (QED) is 0.628. The highest BCUT2D eigenvalue weighted by Gasteiger charge is 2.21. The van der Waals surface area contributed by atoms with E-state index in [0.29, 0.717) is 25.2 Å². The molecule has 0 aromatic carbocycles. The van der Waals surface area contributed by atoms with Crippen LogP contribution in [0.15, 0.2) is 0 Å². The highest BCUT2D eigenvalue weighted by atomic mass is 16.5. The summed E-state index contributed by atoms with van der Waals surface area (Å²) in [6.45, 7) is 4.99. The van der Waals surface area contributed by atoms with Crippen molar-refractivity contribution < 1.29 is 14.6 Å². The maximum Gasteiger partial charge on any atom is 0.315 e. The number of aliphatic hydroxyl groups is 1. The lowest BCUT2D eigenvalue weighted by Gasteiger charge is -2.28. The van der Waals surface area contributed by atoms with Crippen molar-refractivity contribution in [1.29, 1.82) is 0 Å². The zero-order valence-corrected chi connectivity index (χ0v) is 11.4. The van der Waals surface area contributed by atoms with Crippen LogP contribution in [0.25, 0.3) is 0 Å². The van der Waals surface area contributed by atoms with Crippen LogP contribution in [-0.4, -0.2) is 43.0 Å². The molecule has 0 bridgehead atoms. The molecule has 1 aliphatic carbocycles. The summed E-state index contributed by atoms with van der Waals surface area (Å²) in [5, 5.41) is 14.1. The van der Waals surface area contributed by atoms with E-state index in [4.69, 9.17) is 9.84 Å². The Bertz CT molecular complexity index is 248. The second kappa shape index (κ2) is 8.32. The molecule has 1 saturated carbocycles. The summed E-state index contributed by atoms with van der Waals surface area (Å²) >= 11 is 0. The molecule has 0 aromatic rings. The summed E-state index contributed by atoms with van der Waals surface area (Å²) < 4.78 is 5.79. The third-order valence-corrected chi connectivity index (χ3v) is 3.40. The monoisotopic (exact) mass is 258 g/mol. The van der Waals surface area contributed by atoms with Crippen LogP contribution in [0.5, 0.6) is 0 Å². The molecule has 0 aliphatic heterocycles. The molecule has 5 heteroatoms. The number of rotatable bonds is 6. The van der Waals surface area contributed by atoms with Crippen LogP contribution in [0.2, 0.25) is 0 Å². The summed E-state index contributed by atoms with van der Waals surface area (Å²) in [6.07, 6.45) is 5.28. The summed E-state index contributed by atoms with van der Waals surface area (Å²) in [7, 11) is 0. The van der Waals surface area contributed by atoms with Gasteiger partial charge in [-0.05, 0) is 25.7 Å². The van der Waals surface area contributed by atoms with Crippen LogP contribution in [0.1, 0.15) is 39.5 Å². The number of amides is 2. The molecular formula is C13H26N2O3. The second-order valence-corrected chi connectivity index (χ2v) is 5.15. The summed E-state index contributed by atoms with van der Waals surface area (Å²) in [6, 6.07) is -0.471. The normalized spacial score (nSPS) is 25.5. The Kier molecular flexibility index (Phi) is 7.05. The highest BCUT2D eigenvalue weighted by Crippen LogP contribution is 2.25. The van der Waals surface area contributed by atoms with Gasteiger partial charge in [0, 0.05) is 6.54 Å². The minimum absolute atomic E-state index is 0.0521. The van der Waals surface area contributed by atoms with E-state index >= 15 is 0 Å². The molecule has 0 saturated heterocycles. The number of urea groups is 1. The van der Waals surface area contributed by atoms with E-state index in [9.17, 15) is 4.79 Å². The maximum atomic E-state index is 11.3. The fourth-order valence-corrected chi connectivity index (χ4v) is 2.23. The lowest BCUT2D eigenvalue weighted by molar-refractivity contribution is -0.00245. The van der Waals surface area contributed by atoms with Crippen molar-refractivity contribution >= 4 is 6.03 Å². The van der Waals surface area contributed by atoms with Crippen LogP contribution >= 0.6 is 0 Å². The number of carbonyl (C=O) groups excluding carboxylic acids is 1. The van der Waals surface area contributed by atoms with Gasteiger partial charge in [0.1, 0.15) is 0 Å². The molecule has 0 heterocycles. The Balaban J connectivity index is 2.05. The molecule has 1 rings (SSSR count). The van der Waals surface area contributed by atoms with E-state index in [-0.39, 0.29) is 18.7 Å². The number of nitrogens with one attached hydrogen (secondary N) is 2. The SMILES string of the molecule is CC1CCCCC1OCCNC(=O)N[C@@H](C)CO. The van der Waals surface area contributed by atoms with E-state index in [1.54, 1.807) is 6.92 Å². The van der Waals surface area contributed by atoms with Gasteiger partial charge in [-0.25, -0.2) is 4.79 Å². The smallest absolute Gasteiger partial charge is 0.315 e. The Morgan fingerprint density at radius 1 is 1.44 bits per heavy atom. The molecule has 0 aromatic heterocycles. The van der Waals surface area contributed by atoms with Gasteiger partial charge in [-0.15, -0.1) is 0 Å². The molecule has 3 atom stereocenters. The van der Waals surface area contributed by atoms with Gasteiger partial charge in [0.15, 0.2) is 0 Å². The number of ether oxygens (including phenoxy) is 1. The number of carbonyl (C=O) groups is 1. The molecule has 3 N–H and O–H groups in total. The molecule has 18 heavy (non-hydrogen) atoms. The zero-order chi connectivity index (χ0) is 13.4. The highest BCUT2D eigenvalue weighted by molar-refractivity contribution is 5.74. The largest absolute Gasteiger partial charge is 0.394 e. The predicted molar refractivity (Wildman–Crippen MR) is 70.5 cm³/mol. The molecule has 0 spiro atoms.